The molecule has 1 N–H and O–H groups in total. The van der Waals surface area contributed by atoms with Crippen molar-refractivity contribution >= 4 is 44.6 Å². The van der Waals surface area contributed by atoms with Crippen LogP contribution in [-0.2, 0) is 20.8 Å². The van der Waals surface area contributed by atoms with Crippen LogP contribution in [0.1, 0.15) is 37.3 Å². The molecule has 0 radical (unpaired) electrons. The van der Waals surface area contributed by atoms with E-state index in [1.165, 1.54) is 24.0 Å². The average molecular weight is 549 g/mol. The van der Waals surface area contributed by atoms with Crippen LogP contribution in [-0.4, -0.2) is 53.1 Å². The maximum absolute atomic E-state index is 14.3. The number of alkyl halides is 2. The lowest BCUT2D eigenvalue weighted by atomic mass is 9.71. The number of nitrogens with zero attached hydrogens (tertiary/aromatic N) is 3. The van der Waals surface area contributed by atoms with Gasteiger partial charge in [0.1, 0.15) is 17.4 Å². The minimum absolute atomic E-state index is 0. The SMILES string of the molecule is Cc1c(F)ccc(CC(=O)[C@H]2CCN(C(=O)C(=O)NC3(C4=CCN=N4)CC(F)(F)C3)[C@H]2C)c1F.S.S. The second kappa shape index (κ2) is 10.9. The second-order valence-electron chi connectivity index (χ2n) is 9.18. The maximum Gasteiger partial charge on any atom is 0.312 e. The molecule has 0 aromatic heterocycles. The van der Waals surface area contributed by atoms with Gasteiger partial charge in [0.2, 0.25) is 0 Å². The number of hydrogen-bond donors (Lipinski definition) is 1. The number of benzene rings is 1. The van der Waals surface area contributed by atoms with Gasteiger partial charge in [0, 0.05) is 43.3 Å². The minimum atomic E-state index is -2.98. The lowest BCUT2D eigenvalue weighted by molar-refractivity contribution is -0.154. The van der Waals surface area contributed by atoms with Crippen LogP contribution in [0, 0.1) is 24.5 Å². The highest BCUT2D eigenvalue weighted by atomic mass is 32.1. The number of hydrogen-bond acceptors (Lipinski definition) is 5. The van der Waals surface area contributed by atoms with E-state index in [1.807, 2.05) is 0 Å². The van der Waals surface area contributed by atoms with E-state index in [4.69, 9.17) is 0 Å². The monoisotopic (exact) mass is 548 g/mol. The van der Waals surface area contributed by atoms with Crippen LogP contribution < -0.4 is 5.32 Å². The van der Waals surface area contributed by atoms with E-state index in [1.54, 1.807) is 6.92 Å². The molecule has 2 atom stereocenters. The van der Waals surface area contributed by atoms with Crippen molar-refractivity contribution in [2.24, 2.45) is 16.1 Å². The molecule has 13 heteroatoms. The first-order valence-electron chi connectivity index (χ1n) is 11.0. The van der Waals surface area contributed by atoms with Crippen molar-refractivity contribution in [1.82, 2.24) is 10.2 Å². The summed E-state index contributed by atoms with van der Waals surface area (Å²) in [5.74, 6) is -7.44. The number of halogens is 4. The molecular weight excluding hydrogens is 520 g/mol. The lowest BCUT2D eigenvalue weighted by Crippen LogP contribution is -2.65. The smallest absolute Gasteiger partial charge is 0.312 e. The molecule has 1 aliphatic carbocycles. The van der Waals surface area contributed by atoms with Crippen molar-refractivity contribution in [1.29, 1.82) is 0 Å². The first-order chi connectivity index (χ1) is 15.9. The standard InChI is InChI=1S/C23H24F4N4O3.2H2S/c1-12-16(24)4-3-14(19(12)25)9-17(32)15-6-8-31(13(15)2)21(34)20(33)29-22(10-23(26,27)11-22)18-5-7-28-30-18;;/h3-5,13,15H,6-11H2,1-2H3,(H,29,33);2*1H2/t13-,15-;;/m0../s1. The van der Waals surface area contributed by atoms with Crippen LogP contribution in [0.5, 0.6) is 0 Å². The predicted octanol–water partition coefficient (Wildman–Crippen LogP) is 3.48. The zero-order valence-corrected chi connectivity index (χ0v) is 21.7. The van der Waals surface area contributed by atoms with Crippen LogP contribution in [0.4, 0.5) is 17.6 Å². The van der Waals surface area contributed by atoms with E-state index < -0.39 is 59.7 Å². The van der Waals surface area contributed by atoms with Crippen LogP contribution >= 0.6 is 27.0 Å². The summed E-state index contributed by atoms with van der Waals surface area (Å²) < 4.78 is 55.1. The Morgan fingerprint density at radius 3 is 2.42 bits per heavy atom. The van der Waals surface area contributed by atoms with Crippen molar-refractivity contribution < 1.29 is 31.9 Å². The molecule has 2 heterocycles. The van der Waals surface area contributed by atoms with Gasteiger partial charge in [0.15, 0.2) is 0 Å². The molecule has 198 valence electrons. The van der Waals surface area contributed by atoms with Gasteiger partial charge in [-0.1, -0.05) is 6.07 Å². The van der Waals surface area contributed by atoms with E-state index >= 15 is 0 Å². The fraction of sp³-hybridized carbons (Fsp3) is 0.522. The van der Waals surface area contributed by atoms with Crippen LogP contribution in [0.3, 0.4) is 0 Å². The fourth-order valence-corrected chi connectivity index (χ4v) is 4.97. The molecule has 0 bridgehead atoms. The van der Waals surface area contributed by atoms with Gasteiger partial charge in [0.05, 0.1) is 17.8 Å². The van der Waals surface area contributed by atoms with Crippen molar-refractivity contribution in [2.75, 3.05) is 13.1 Å². The van der Waals surface area contributed by atoms with Gasteiger partial charge in [-0.05, 0) is 38.0 Å². The van der Waals surface area contributed by atoms with Gasteiger partial charge >= 0.3 is 11.8 Å². The van der Waals surface area contributed by atoms with E-state index in [0.717, 1.165) is 6.07 Å². The van der Waals surface area contributed by atoms with Gasteiger partial charge in [-0.15, -0.1) is 0 Å². The van der Waals surface area contributed by atoms with E-state index in [-0.39, 0.29) is 75.5 Å². The Hall–Kier alpha value is -2.41. The third-order valence-electron chi connectivity index (χ3n) is 6.90. The normalized spacial score (nSPS) is 23.2. The molecule has 3 aliphatic rings. The Balaban J connectivity index is 0.00000228. The zero-order valence-electron chi connectivity index (χ0n) is 19.7. The van der Waals surface area contributed by atoms with Crippen molar-refractivity contribution in [3.8, 4) is 0 Å². The summed E-state index contributed by atoms with van der Waals surface area (Å²) >= 11 is 0. The number of rotatable bonds is 5. The molecule has 7 nitrogen and oxygen atoms in total. The van der Waals surface area contributed by atoms with Crippen molar-refractivity contribution in [3.05, 3.63) is 46.7 Å². The summed E-state index contributed by atoms with van der Waals surface area (Å²) in [5.41, 5.74) is -1.36. The Labute approximate surface area is 219 Å². The number of amides is 2. The molecule has 0 unspecified atom stereocenters. The summed E-state index contributed by atoms with van der Waals surface area (Å²) in [5, 5.41) is 9.99. The van der Waals surface area contributed by atoms with Crippen LogP contribution in [0.15, 0.2) is 34.1 Å². The largest absolute Gasteiger partial charge is 0.336 e. The highest BCUT2D eigenvalue weighted by molar-refractivity contribution is 7.59. The Morgan fingerprint density at radius 1 is 1.17 bits per heavy atom. The highest BCUT2D eigenvalue weighted by Crippen LogP contribution is 2.50. The summed E-state index contributed by atoms with van der Waals surface area (Å²) in [6.45, 7) is 3.21. The second-order valence-corrected chi connectivity index (χ2v) is 9.18. The quantitative estimate of drug-likeness (QED) is 0.451. The molecule has 1 saturated carbocycles. The Kier molecular flexibility index (Phi) is 9.04. The van der Waals surface area contributed by atoms with Crippen molar-refractivity contribution in [2.45, 2.75) is 57.0 Å². The summed E-state index contributed by atoms with van der Waals surface area (Å²) in [4.78, 5) is 39.6. The summed E-state index contributed by atoms with van der Waals surface area (Å²) in [7, 11) is 0. The lowest BCUT2D eigenvalue weighted by Gasteiger charge is -2.47. The van der Waals surface area contributed by atoms with E-state index in [0.29, 0.717) is 0 Å². The van der Waals surface area contributed by atoms with Gasteiger partial charge in [0.25, 0.3) is 5.92 Å². The van der Waals surface area contributed by atoms with E-state index in [9.17, 15) is 31.9 Å². The van der Waals surface area contributed by atoms with Gasteiger partial charge in [-0.2, -0.15) is 37.2 Å². The molecule has 1 aromatic carbocycles. The molecule has 2 amide bonds. The molecule has 2 fully saturated rings. The Bertz CT molecular complexity index is 1120. The van der Waals surface area contributed by atoms with Crippen molar-refractivity contribution in [3.63, 3.8) is 0 Å². The third kappa shape index (κ3) is 5.46. The maximum atomic E-state index is 14.3. The Morgan fingerprint density at radius 2 is 1.83 bits per heavy atom. The zero-order chi connectivity index (χ0) is 24.8. The molecule has 0 spiro atoms. The third-order valence-corrected chi connectivity index (χ3v) is 6.90. The number of nitrogens with one attached hydrogen (secondary N) is 1. The first kappa shape index (κ1) is 29.8. The number of carbonyl (C=O) groups excluding carboxylic acids is 3. The molecule has 4 rings (SSSR count). The molecule has 1 aromatic rings. The number of likely N-dealkylation sites (tertiary alicyclic amines) is 1. The van der Waals surface area contributed by atoms with Gasteiger partial charge in [-0.3, -0.25) is 14.4 Å². The molecule has 1 saturated heterocycles. The van der Waals surface area contributed by atoms with Gasteiger partial charge < -0.3 is 10.2 Å². The predicted molar refractivity (Wildman–Crippen MR) is 133 cm³/mol. The highest BCUT2D eigenvalue weighted by Gasteiger charge is 2.60. The summed E-state index contributed by atoms with van der Waals surface area (Å²) in [6.07, 6.45) is 0.173. The number of carbonyl (C=O) groups is 3. The molecule has 2 aliphatic heterocycles. The van der Waals surface area contributed by atoms with Crippen LogP contribution in [0.25, 0.3) is 0 Å². The topological polar surface area (TPSA) is 91.2 Å². The first-order valence-corrected chi connectivity index (χ1v) is 11.0. The number of Topliss-reactive ketones (excluding diaryl/α,β-unsaturated/α-hetero) is 1. The van der Waals surface area contributed by atoms with E-state index in [2.05, 4.69) is 15.5 Å². The summed E-state index contributed by atoms with van der Waals surface area (Å²) in [6, 6.07) is 1.66. The minimum Gasteiger partial charge on any atom is -0.336 e. The fourth-order valence-electron chi connectivity index (χ4n) is 4.97. The molecule has 36 heavy (non-hydrogen) atoms. The van der Waals surface area contributed by atoms with Crippen LogP contribution in [0.2, 0.25) is 0 Å². The molecular formula is C23H28F4N4O3S2. The average Bonchev–Trinajstić information content (AvgIpc) is 3.42. The number of ketones is 1. The van der Waals surface area contributed by atoms with Gasteiger partial charge in [-0.25, -0.2) is 17.6 Å². The number of azo groups is 1.